The molecule has 0 heterocycles. The number of aliphatic hydroxyl groups is 1. The highest BCUT2D eigenvalue weighted by atomic mass is 16.5. The van der Waals surface area contributed by atoms with E-state index < -0.39 is 0 Å². The van der Waals surface area contributed by atoms with Crippen LogP contribution in [0.1, 0.15) is 13.8 Å². The Balaban J connectivity index is 3.94. The summed E-state index contributed by atoms with van der Waals surface area (Å²) in [5.41, 5.74) is 5.90. The molecule has 0 bridgehead atoms. The van der Waals surface area contributed by atoms with Crippen LogP contribution in [-0.4, -0.2) is 68.7 Å². The molecule has 16 heavy (non-hydrogen) atoms. The van der Waals surface area contributed by atoms with E-state index in [9.17, 15) is 5.11 Å². The van der Waals surface area contributed by atoms with E-state index in [2.05, 4.69) is 0 Å². The monoisotopic (exact) mass is 234 g/mol. The lowest BCUT2D eigenvalue weighted by Crippen LogP contribution is -2.51. The molecule has 0 aliphatic heterocycles. The van der Waals surface area contributed by atoms with Gasteiger partial charge in [0, 0.05) is 25.7 Å². The van der Waals surface area contributed by atoms with Gasteiger partial charge in [-0.05, 0) is 20.9 Å². The highest BCUT2D eigenvalue weighted by Crippen LogP contribution is 2.01. The van der Waals surface area contributed by atoms with Crippen LogP contribution in [0.2, 0.25) is 0 Å². The summed E-state index contributed by atoms with van der Waals surface area (Å²) < 4.78 is 10.4. The Kier molecular flexibility index (Phi) is 8.78. The van der Waals surface area contributed by atoms with Gasteiger partial charge >= 0.3 is 0 Å². The van der Waals surface area contributed by atoms with Gasteiger partial charge in [0.2, 0.25) is 0 Å². The second kappa shape index (κ2) is 8.90. The first-order valence-corrected chi connectivity index (χ1v) is 5.70. The van der Waals surface area contributed by atoms with Gasteiger partial charge in [0.1, 0.15) is 0 Å². The molecule has 5 nitrogen and oxygen atoms in total. The summed E-state index contributed by atoms with van der Waals surface area (Å²) >= 11 is 0. The summed E-state index contributed by atoms with van der Waals surface area (Å²) in [5.74, 6) is 0. The fourth-order valence-electron chi connectivity index (χ4n) is 1.50. The van der Waals surface area contributed by atoms with Crippen molar-refractivity contribution in [3.63, 3.8) is 0 Å². The Morgan fingerprint density at radius 3 is 2.44 bits per heavy atom. The van der Waals surface area contributed by atoms with Crippen molar-refractivity contribution in [1.82, 2.24) is 4.90 Å². The first-order chi connectivity index (χ1) is 7.52. The number of aliphatic hydroxyl groups excluding tert-OH is 1. The molecule has 0 amide bonds. The number of hydrogen-bond acceptors (Lipinski definition) is 5. The van der Waals surface area contributed by atoms with Gasteiger partial charge in [-0.1, -0.05) is 0 Å². The maximum absolute atomic E-state index is 9.28. The molecule has 0 aliphatic carbocycles. The van der Waals surface area contributed by atoms with E-state index in [1.165, 1.54) is 0 Å². The van der Waals surface area contributed by atoms with E-state index in [0.717, 1.165) is 6.54 Å². The van der Waals surface area contributed by atoms with Crippen molar-refractivity contribution >= 4 is 0 Å². The number of ether oxygens (including phenoxy) is 2. The molecule has 2 atom stereocenters. The van der Waals surface area contributed by atoms with E-state index in [1.807, 2.05) is 25.8 Å². The van der Waals surface area contributed by atoms with Gasteiger partial charge in [0.05, 0.1) is 25.9 Å². The smallest absolute Gasteiger partial charge is 0.0629 e. The van der Waals surface area contributed by atoms with Gasteiger partial charge in [-0.25, -0.2) is 0 Å². The van der Waals surface area contributed by atoms with Crippen molar-refractivity contribution in [3.8, 4) is 0 Å². The Bertz CT molecular complexity index is 167. The van der Waals surface area contributed by atoms with Crippen LogP contribution in [0.3, 0.4) is 0 Å². The largest absolute Gasteiger partial charge is 0.395 e. The molecule has 0 rings (SSSR count). The van der Waals surface area contributed by atoms with Crippen LogP contribution < -0.4 is 5.73 Å². The lowest BCUT2D eigenvalue weighted by atomic mass is 10.1. The lowest BCUT2D eigenvalue weighted by Gasteiger charge is -2.30. The van der Waals surface area contributed by atoms with Crippen LogP contribution in [0.15, 0.2) is 0 Å². The zero-order valence-corrected chi connectivity index (χ0v) is 10.8. The zero-order chi connectivity index (χ0) is 12.6. The van der Waals surface area contributed by atoms with Crippen molar-refractivity contribution in [1.29, 1.82) is 0 Å². The van der Waals surface area contributed by atoms with E-state index in [0.29, 0.717) is 13.2 Å². The molecule has 0 aromatic heterocycles. The van der Waals surface area contributed by atoms with E-state index >= 15 is 0 Å². The predicted octanol–water partition coefficient (Wildman–Crippen LogP) is -0.322. The van der Waals surface area contributed by atoms with Crippen molar-refractivity contribution in [3.05, 3.63) is 0 Å². The average Bonchev–Trinajstić information content (AvgIpc) is 2.18. The highest BCUT2D eigenvalue weighted by molar-refractivity contribution is 4.79. The van der Waals surface area contributed by atoms with Crippen LogP contribution in [0.25, 0.3) is 0 Å². The molecule has 98 valence electrons. The topological polar surface area (TPSA) is 68.0 Å². The lowest BCUT2D eigenvalue weighted by molar-refractivity contribution is 0.0349. The Labute approximate surface area is 98.5 Å². The molecule has 0 saturated heterocycles. The second-order valence-electron chi connectivity index (χ2n) is 4.27. The molecule has 0 aromatic carbocycles. The number of methoxy groups -OCH3 is 1. The summed E-state index contributed by atoms with van der Waals surface area (Å²) in [6, 6.07) is -0.269. The van der Waals surface area contributed by atoms with Crippen LogP contribution in [0, 0.1) is 0 Å². The van der Waals surface area contributed by atoms with Gasteiger partial charge in [-0.15, -0.1) is 0 Å². The van der Waals surface area contributed by atoms with E-state index in [-0.39, 0.29) is 24.8 Å². The SMILES string of the molecule is COCC(N)C(CO)N(C)CCOC(C)C. The number of nitrogens with zero attached hydrogens (tertiary/aromatic N) is 1. The third-order valence-corrected chi connectivity index (χ3v) is 2.50. The summed E-state index contributed by atoms with van der Waals surface area (Å²) in [4.78, 5) is 2.01. The predicted molar refractivity (Wildman–Crippen MR) is 64.4 cm³/mol. The minimum absolute atomic E-state index is 0.0305. The maximum atomic E-state index is 9.28. The second-order valence-corrected chi connectivity index (χ2v) is 4.27. The molecule has 3 N–H and O–H groups in total. The number of hydrogen-bond donors (Lipinski definition) is 2. The molecule has 0 aromatic rings. The van der Waals surface area contributed by atoms with Crippen molar-refractivity contribution < 1.29 is 14.6 Å². The van der Waals surface area contributed by atoms with Gasteiger partial charge in [-0.3, -0.25) is 4.90 Å². The molecule has 0 fully saturated rings. The van der Waals surface area contributed by atoms with Gasteiger partial charge in [0.25, 0.3) is 0 Å². The standard InChI is InChI=1S/C11H26N2O3/c1-9(2)16-6-5-13(3)11(7-14)10(12)8-15-4/h9-11,14H,5-8,12H2,1-4H3. The quantitative estimate of drug-likeness (QED) is 0.572. The zero-order valence-electron chi connectivity index (χ0n) is 10.8. The Morgan fingerprint density at radius 2 is 2.00 bits per heavy atom. The first-order valence-electron chi connectivity index (χ1n) is 5.70. The van der Waals surface area contributed by atoms with Gasteiger partial charge in [0.15, 0.2) is 0 Å². The minimum atomic E-state index is -0.181. The molecular formula is C11H26N2O3. The molecule has 0 radical (unpaired) electrons. The fourth-order valence-corrected chi connectivity index (χ4v) is 1.50. The Morgan fingerprint density at radius 1 is 1.38 bits per heavy atom. The highest BCUT2D eigenvalue weighted by Gasteiger charge is 2.21. The Hall–Kier alpha value is -0.200. The third kappa shape index (κ3) is 6.40. The van der Waals surface area contributed by atoms with Crippen LogP contribution in [-0.2, 0) is 9.47 Å². The summed E-state index contributed by atoms with van der Waals surface area (Å²) in [5, 5.41) is 9.28. The summed E-state index contributed by atoms with van der Waals surface area (Å²) in [6.07, 6.45) is 0.230. The van der Waals surface area contributed by atoms with Crippen LogP contribution in [0.4, 0.5) is 0 Å². The first kappa shape index (κ1) is 15.8. The summed E-state index contributed by atoms with van der Waals surface area (Å²) in [6.45, 7) is 5.87. The van der Waals surface area contributed by atoms with E-state index in [1.54, 1.807) is 7.11 Å². The normalized spacial score (nSPS) is 15.8. The molecule has 2 unspecified atom stereocenters. The number of rotatable bonds is 9. The third-order valence-electron chi connectivity index (χ3n) is 2.50. The van der Waals surface area contributed by atoms with Crippen LogP contribution >= 0.6 is 0 Å². The maximum Gasteiger partial charge on any atom is 0.0629 e. The number of nitrogens with two attached hydrogens (primary N) is 1. The van der Waals surface area contributed by atoms with Gasteiger partial charge in [-0.2, -0.15) is 0 Å². The average molecular weight is 234 g/mol. The minimum Gasteiger partial charge on any atom is -0.395 e. The van der Waals surface area contributed by atoms with Gasteiger partial charge < -0.3 is 20.3 Å². The van der Waals surface area contributed by atoms with Crippen LogP contribution in [0.5, 0.6) is 0 Å². The number of likely N-dealkylation sites (N-methyl/N-ethyl adjacent to an activating group) is 1. The van der Waals surface area contributed by atoms with E-state index in [4.69, 9.17) is 15.2 Å². The summed E-state index contributed by atoms with van der Waals surface area (Å²) in [7, 11) is 3.54. The van der Waals surface area contributed by atoms with Crippen molar-refractivity contribution in [2.75, 3.05) is 40.5 Å². The molecular weight excluding hydrogens is 208 g/mol. The van der Waals surface area contributed by atoms with Crippen molar-refractivity contribution in [2.45, 2.75) is 32.0 Å². The van der Waals surface area contributed by atoms with Crippen molar-refractivity contribution in [2.24, 2.45) is 5.73 Å². The molecule has 0 spiro atoms. The fraction of sp³-hybridized carbons (Fsp3) is 1.00. The molecule has 5 heteroatoms. The molecule has 0 aliphatic rings. The molecule has 0 saturated carbocycles.